The number of ketones is 1. The summed E-state index contributed by atoms with van der Waals surface area (Å²) >= 11 is 0. The monoisotopic (exact) mass is 566 g/mol. The standard InChI is InChI=1S/C33H46O6Si/c1-33(2,3)40(27-13-8-6-9-14-27,28-15-10-7-11-16-28)39-18-12-17-29-30(34)21-26-19-25(22-37-23-35-4)20-31(32(26)29)38-24-36-5/h6-11,13-16,25-26,31H,12,17-24H2,1-5H3/t25-,26+,31-/m1/s1. The van der Waals surface area contributed by atoms with Gasteiger partial charge in [-0.3, -0.25) is 4.79 Å². The minimum Gasteiger partial charge on any atom is -0.407 e. The van der Waals surface area contributed by atoms with Crippen LogP contribution in [0.4, 0.5) is 0 Å². The zero-order valence-electron chi connectivity index (χ0n) is 24.8. The Morgan fingerprint density at radius 1 is 0.875 bits per heavy atom. The van der Waals surface area contributed by atoms with Crippen molar-refractivity contribution in [3.8, 4) is 0 Å². The summed E-state index contributed by atoms with van der Waals surface area (Å²) in [6.45, 7) is 8.58. The average molecular weight is 567 g/mol. The summed E-state index contributed by atoms with van der Waals surface area (Å²) in [4.78, 5) is 13.3. The van der Waals surface area contributed by atoms with Crippen LogP contribution in [0.2, 0.25) is 5.04 Å². The normalized spacial score (nSPS) is 21.6. The summed E-state index contributed by atoms with van der Waals surface area (Å²) in [6.07, 6.45) is 3.72. The molecule has 2 aliphatic carbocycles. The van der Waals surface area contributed by atoms with Gasteiger partial charge in [0.15, 0.2) is 5.78 Å². The van der Waals surface area contributed by atoms with Gasteiger partial charge in [0.2, 0.25) is 0 Å². The van der Waals surface area contributed by atoms with Crippen LogP contribution in [0.3, 0.4) is 0 Å². The van der Waals surface area contributed by atoms with Gasteiger partial charge in [-0.2, -0.15) is 0 Å². The van der Waals surface area contributed by atoms with Crippen LogP contribution in [0.15, 0.2) is 71.8 Å². The Morgan fingerprint density at radius 2 is 1.50 bits per heavy atom. The Hall–Kier alpha value is -2.13. The molecule has 0 spiro atoms. The van der Waals surface area contributed by atoms with Crippen molar-refractivity contribution in [2.24, 2.45) is 11.8 Å². The second-order valence-corrected chi connectivity index (χ2v) is 16.4. The van der Waals surface area contributed by atoms with E-state index in [1.54, 1.807) is 14.2 Å². The first kappa shape index (κ1) is 30.8. The van der Waals surface area contributed by atoms with E-state index in [4.69, 9.17) is 23.4 Å². The molecule has 40 heavy (non-hydrogen) atoms. The Balaban J connectivity index is 1.53. The molecule has 1 fully saturated rings. The molecule has 2 aliphatic rings. The van der Waals surface area contributed by atoms with Gasteiger partial charge >= 0.3 is 0 Å². The number of carbonyl (C=O) groups excluding carboxylic acids is 1. The maximum absolute atomic E-state index is 13.3. The maximum Gasteiger partial charge on any atom is 0.261 e. The summed E-state index contributed by atoms with van der Waals surface area (Å²) in [7, 11) is 0.666. The molecule has 0 unspecified atom stereocenters. The number of Topliss-reactive ketones (excluding diaryl/α,β-unsaturated/α-hetero) is 1. The number of hydrogen-bond donors (Lipinski definition) is 0. The van der Waals surface area contributed by atoms with Gasteiger partial charge in [0.25, 0.3) is 8.32 Å². The number of allylic oxidation sites excluding steroid dienone is 1. The molecule has 6 nitrogen and oxygen atoms in total. The van der Waals surface area contributed by atoms with Gasteiger partial charge in [-0.05, 0) is 64.1 Å². The van der Waals surface area contributed by atoms with Crippen molar-refractivity contribution < 1.29 is 28.2 Å². The topological polar surface area (TPSA) is 63.2 Å². The van der Waals surface area contributed by atoms with Crippen LogP contribution in [-0.4, -0.2) is 61.2 Å². The van der Waals surface area contributed by atoms with E-state index in [0.717, 1.165) is 24.8 Å². The predicted octanol–water partition coefficient (Wildman–Crippen LogP) is 5.25. The van der Waals surface area contributed by atoms with E-state index in [9.17, 15) is 4.79 Å². The zero-order chi connectivity index (χ0) is 28.6. The van der Waals surface area contributed by atoms with Crippen molar-refractivity contribution in [1.82, 2.24) is 0 Å². The highest BCUT2D eigenvalue weighted by molar-refractivity contribution is 6.99. The summed E-state index contributed by atoms with van der Waals surface area (Å²) < 4.78 is 29.2. The highest BCUT2D eigenvalue weighted by Gasteiger charge is 2.50. The lowest BCUT2D eigenvalue weighted by Gasteiger charge is -2.43. The van der Waals surface area contributed by atoms with Crippen LogP contribution in [-0.2, 0) is 28.2 Å². The molecule has 0 aromatic heterocycles. The summed E-state index contributed by atoms with van der Waals surface area (Å²) in [5.74, 6) is 0.804. The quantitative estimate of drug-likeness (QED) is 0.177. The highest BCUT2D eigenvalue weighted by Crippen LogP contribution is 2.45. The molecule has 3 atom stereocenters. The average Bonchev–Trinajstić information content (AvgIpc) is 3.27. The van der Waals surface area contributed by atoms with Crippen molar-refractivity contribution in [3.63, 3.8) is 0 Å². The predicted molar refractivity (Wildman–Crippen MR) is 160 cm³/mol. The first-order valence-corrected chi connectivity index (χ1v) is 16.4. The van der Waals surface area contributed by atoms with Crippen molar-refractivity contribution in [3.05, 3.63) is 71.8 Å². The Kier molecular flexibility index (Phi) is 10.9. The lowest BCUT2D eigenvalue weighted by atomic mass is 9.76. The van der Waals surface area contributed by atoms with Gasteiger partial charge in [-0.25, -0.2) is 0 Å². The molecule has 0 radical (unpaired) electrons. The van der Waals surface area contributed by atoms with Crippen LogP contribution in [0, 0.1) is 11.8 Å². The molecule has 218 valence electrons. The smallest absolute Gasteiger partial charge is 0.261 e. The number of fused-ring (bicyclic) bond motifs is 1. The van der Waals surface area contributed by atoms with E-state index in [0.29, 0.717) is 32.0 Å². The third-order valence-corrected chi connectivity index (χ3v) is 13.4. The molecule has 2 aromatic rings. The van der Waals surface area contributed by atoms with Gasteiger partial charge in [0, 0.05) is 27.2 Å². The lowest BCUT2D eigenvalue weighted by molar-refractivity contribution is -0.115. The molecule has 7 heteroatoms. The van der Waals surface area contributed by atoms with Crippen LogP contribution < -0.4 is 10.4 Å². The van der Waals surface area contributed by atoms with Gasteiger partial charge in [-0.1, -0.05) is 81.4 Å². The first-order valence-electron chi connectivity index (χ1n) is 14.5. The minimum atomic E-state index is -2.60. The Morgan fingerprint density at radius 3 is 2.08 bits per heavy atom. The molecule has 4 rings (SSSR count). The maximum atomic E-state index is 13.3. The number of carbonyl (C=O) groups is 1. The molecular weight excluding hydrogens is 520 g/mol. The van der Waals surface area contributed by atoms with Crippen molar-refractivity contribution in [1.29, 1.82) is 0 Å². The van der Waals surface area contributed by atoms with E-state index >= 15 is 0 Å². The van der Waals surface area contributed by atoms with Crippen molar-refractivity contribution >= 4 is 24.5 Å². The van der Waals surface area contributed by atoms with Crippen molar-refractivity contribution in [2.75, 3.05) is 41.0 Å². The molecular formula is C33H46O6Si. The van der Waals surface area contributed by atoms with Gasteiger partial charge in [-0.15, -0.1) is 0 Å². The van der Waals surface area contributed by atoms with Crippen LogP contribution in [0.25, 0.3) is 0 Å². The second kappa shape index (κ2) is 14.2. The third-order valence-electron chi connectivity index (χ3n) is 8.32. The van der Waals surface area contributed by atoms with Gasteiger partial charge in [0.1, 0.15) is 13.6 Å². The molecule has 0 N–H and O–H groups in total. The second-order valence-electron chi connectivity index (χ2n) is 12.0. The first-order chi connectivity index (χ1) is 19.3. The van der Waals surface area contributed by atoms with E-state index in [1.807, 2.05) is 0 Å². The molecule has 0 bridgehead atoms. The Bertz CT molecular complexity index is 1070. The van der Waals surface area contributed by atoms with Crippen LogP contribution in [0.1, 0.15) is 52.9 Å². The summed E-state index contributed by atoms with van der Waals surface area (Å²) in [5, 5.41) is 2.47. The van der Waals surface area contributed by atoms with Crippen LogP contribution >= 0.6 is 0 Å². The summed E-state index contributed by atoms with van der Waals surface area (Å²) in [5.41, 5.74) is 2.14. The van der Waals surface area contributed by atoms with Crippen LogP contribution in [0.5, 0.6) is 0 Å². The number of rotatable bonds is 14. The molecule has 0 saturated heterocycles. The number of methoxy groups -OCH3 is 2. The number of benzene rings is 2. The zero-order valence-corrected chi connectivity index (χ0v) is 25.8. The fourth-order valence-corrected chi connectivity index (χ4v) is 11.3. The summed E-state index contributed by atoms with van der Waals surface area (Å²) in [6, 6.07) is 21.4. The van der Waals surface area contributed by atoms with Crippen molar-refractivity contribution in [2.45, 2.75) is 64.0 Å². The molecule has 1 saturated carbocycles. The fourth-order valence-electron chi connectivity index (χ4n) is 6.72. The Labute approximate surface area is 241 Å². The molecule has 0 aliphatic heterocycles. The minimum absolute atomic E-state index is 0.0752. The number of ether oxygens (including phenoxy) is 4. The lowest BCUT2D eigenvalue weighted by Crippen LogP contribution is -2.66. The third kappa shape index (κ3) is 6.84. The van der Waals surface area contributed by atoms with Gasteiger partial charge in [0.05, 0.1) is 12.7 Å². The SMILES string of the molecule is COCOC[C@@H]1C[C@H]2CC(=O)C(CCCO[Si](c3ccccc3)(c3ccccc3)C(C)(C)C)=C2[C@H](OCOC)C1. The van der Waals surface area contributed by atoms with E-state index < -0.39 is 8.32 Å². The molecule has 0 heterocycles. The molecule has 2 aromatic carbocycles. The fraction of sp³-hybridized carbons (Fsp3) is 0.545. The number of hydrogen-bond acceptors (Lipinski definition) is 6. The molecule has 0 amide bonds. The van der Waals surface area contributed by atoms with E-state index in [1.165, 1.54) is 15.9 Å². The highest BCUT2D eigenvalue weighted by atomic mass is 28.4. The van der Waals surface area contributed by atoms with E-state index in [-0.39, 0.29) is 36.4 Å². The largest absolute Gasteiger partial charge is 0.407 e. The van der Waals surface area contributed by atoms with Gasteiger partial charge < -0.3 is 23.4 Å². The van der Waals surface area contributed by atoms with E-state index in [2.05, 4.69) is 81.4 Å².